The molecule has 3 heterocycles. The van der Waals surface area contributed by atoms with Gasteiger partial charge in [0.1, 0.15) is 11.4 Å². The maximum Gasteiger partial charge on any atom is 0.310 e. The Labute approximate surface area is 117 Å². The topological polar surface area (TPSA) is 55.6 Å². The second kappa shape index (κ2) is 5.53. The molecule has 0 radical (unpaired) electrons. The van der Waals surface area contributed by atoms with Gasteiger partial charge in [-0.1, -0.05) is 0 Å². The zero-order valence-electron chi connectivity index (χ0n) is 11.5. The molecule has 0 N–H and O–H groups in total. The molecule has 1 atom stereocenters. The van der Waals surface area contributed by atoms with Crippen molar-refractivity contribution in [3.63, 3.8) is 0 Å². The zero-order chi connectivity index (χ0) is 13.9. The van der Waals surface area contributed by atoms with Crippen LogP contribution in [0.1, 0.15) is 19.8 Å². The Kier molecular flexibility index (Phi) is 3.58. The van der Waals surface area contributed by atoms with Gasteiger partial charge in [0, 0.05) is 19.3 Å². The number of hydrogen-bond acceptors (Lipinski definition) is 5. The number of pyridine rings is 1. The van der Waals surface area contributed by atoms with Crippen molar-refractivity contribution in [3.05, 3.63) is 24.6 Å². The first-order valence-electron chi connectivity index (χ1n) is 7.03. The average molecular weight is 274 g/mol. The maximum absolute atomic E-state index is 11.9. The summed E-state index contributed by atoms with van der Waals surface area (Å²) in [5, 5.41) is 0.997. The largest absolute Gasteiger partial charge is 0.466 e. The molecule has 1 aliphatic heterocycles. The normalized spacial score (nSPS) is 19.2. The lowest BCUT2D eigenvalue weighted by Gasteiger charge is -2.32. The van der Waals surface area contributed by atoms with Crippen LogP contribution in [0.4, 0.5) is 5.82 Å². The molecule has 2 aromatic rings. The first-order chi connectivity index (χ1) is 9.79. The molecule has 0 saturated carbocycles. The fourth-order valence-electron chi connectivity index (χ4n) is 2.75. The number of rotatable bonds is 3. The predicted octanol–water partition coefficient (Wildman–Crippen LogP) is 2.61. The number of carbonyl (C=O) groups excluding carboxylic acids is 1. The third-order valence-electron chi connectivity index (χ3n) is 3.70. The molecule has 1 fully saturated rings. The van der Waals surface area contributed by atoms with E-state index in [0.717, 1.165) is 36.2 Å². The van der Waals surface area contributed by atoms with Crippen molar-refractivity contribution in [2.45, 2.75) is 19.8 Å². The molecule has 0 aliphatic carbocycles. The predicted molar refractivity (Wildman–Crippen MR) is 75.6 cm³/mol. The van der Waals surface area contributed by atoms with Crippen LogP contribution in [0.5, 0.6) is 0 Å². The van der Waals surface area contributed by atoms with Crippen molar-refractivity contribution >= 4 is 22.8 Å². The molecule has 0 amide bonds. The van der Waals surface area contributed by atoms with Crippen molar-refractivity contribution in [1.82, 2.24) is 4.98 Å². The zero-order valence-corrected chi connectivity index (χ0v) is 11.5. The molecule has 106 valence electrons. The van der Waals surface area contributed by atoms with E-state index >= 15 is 0 Å². The smallest absolute Gasteiger partial charge is 0.310 e. The fourth-order valence-corrected chi connectivity index (χ4v) is 2.75. The van der Waals surface area contributed by atoms with Gasteiger partial charge < -0.3 is 14.1 Å². The molecular formula is C15H18N2O3. The molecular weight excluding hydrogens is 256 g/mol. The van der Waals surface area contributed by atoms with E-state index < -0.39 is 0 Å². The van der Waals surface area contributed by atoms with E-state index in [1.165, 1.54) is 0 Å². The highest BCUT2D eigenvalue weighted by Crippen LogP contribution is 2.29. The number of piperidine rings is 1. The average Bonchev–Trinajstić information content (AvgIpc) is 2.96. The van der Waals surface area contributed by atoms with Gasteiger partial charge in [0.2, 0.25) is 0 Å². The molecule has 0 bridgehead atoms. The second-order valence-electron chi connectivity index (χ2n) is 5.00. The summed E-state index contributed by atoms with van der Waals surface area (Å²) in [5.41, 5.74) is 0.827. The highest BCUT2D eigenvalue weighted by Gasteiger charge is 2.28. The number of furan rings is 1. The van der Waals surface area contributed by atoms with Crippen LogP contribution in [0.15, 0.2) is 29.0 Å². The Morgan fingerprint density at radius 1 is 1.55 bits per heavy atom. The lowest BCUT2D eigenvalue weighted by Crippen LogP contribution is -2.39. The molecule has 5 heteroatoms. The van der Waals surface area contributed by atoms with Crippen LogP contribution >= 0.6 is 0 Å². The minimum Gasteiger partial charge on any atom is -0.466 e. The number of anilines is 1. The fraction of sp³-hybridized carbons (Fsp3) is 0.467. The number of carbonyl (C=O) groups is 1. The summed E-state index contributed by atoms with van der Waals surface area (Å²) in [6.07, 6.45) is 5.27. The van der Waals surface area contributed by atoms with Crippen molar-refractivity contribution < 1.29 is 13.9 Å². The quantitative estimate of drug-likeness (QED) is 0.805. The van der Waals surface area contributed by atoms with Crippen LogP contribution in [0.2, 0.25) is 0 Å². The first-order valence-corrected chi connectivity index (χ1v) is 7.03. The Balaban J connectivity index is 1.83. The number of aromatic nitrogens is 1. The van der Waals surface area contributed by atoms with Gasteiger partial charge in [-0.05, 0) is 31.9 Å². The highest BCUT2D eigenvalue weighted by molar-refractivity contribution is 5.88. The van der Waals surface area contributed by atoms with Crippen LogP contribution in [0.25, 0.3) is 11.0 Å². The van der Waals surface area contributed by atoms with Crippen LogP contribution in [0, 0.1) is 5.92 Å². The summed E-state index contributed by atoms with van der Waals surface area (Å²) in [7, 11) is 0. The molecule has 0 spiro atoms. The van der Waals surface area contributed by atoms with Gasteiger partial charge in [0.05, 0.1) is 24.2 Å². The number of hydrogen-bond donors (Lipinski definition) is 0. The van der Waals surface area contributed by atoms with Gasteiger partial charge in [-0.25, -0.2) is 4.98 Å². The van der Waals surface area contributed by atoms with Crippen molar-refractivity contribution in [2.75, 3.05) is 24.6 Å². The van der Waals surface area contributed by atoms with Crippen molar-refractivity contribution in [2.24, 2.45) is 5.92 Å². The van der Waals surface area contributed by atoms with Crippen LogP contribution in [-0.4, -0.2) is 30.6 Å². The maximum atomic E-state index is 11.9. The summed E-state index contributed by atoms with van der Waals surface area (Å²) in [6, 6.07) is 3.78. The van der Waals surface area contributed by atoms with E-state index in [2.05, 4.69) is 9.88 Å². The summed E-state index contributed by atoms with van der Waals surface area (Å²) < 4.78 is 10.5. The Hall–Kier alpha value is -2.04. The Morgan fingerprint density at radius 3 is 3.30 bits per heavy atom. The Bertz CT molecular complexity index is 608. The Morgan fingerprint density at radius 2 is 2.45 bits per heavy atom. The lowest BCUT2D eigenvalue weighted by molar-refractivity contribution is -0.148. The van der Waals surface area contributed by atoms with Gasteiger partial charge in [-0.3, -0.25) is 4.79 Å². The van der Waals surface area contributed by atoms with E-state index in [0.29, 0.717) is 13.2 Å². The van der Waals surface area contributed by atoms with Gasteiger partial charge >= 0.3 is 5.97 Å². The van der Waals surface area contributed by atoms with E-state index in [1.807, 2.05) is 19.1 Å². The minimum atomic E-state index is -0.100. The van der Waals surface area contributed by atoms with E-state index in [-0.39, 0.29) is 11.9 Å². The van der Waals surface area contributed by atoms with E-state index in [1.54, 1.807) is 12.5 Å². The van der Waals surface area contributed by atoms with Crippen LogP contribution < -0.4 is 4.90 Å². The number of esters is 1. The summed E-state index contributed by atoms with van der Waals surface area (Å²) >= 11 is 0. The second-order valence-corrected chi connectivity index (χ2v) is 5.00. The molecule has 1 saturated heterocycles. The van der Waals surface area contributed by atoms with Gasteiger partial charge in [0.25, 0.3) is 0 Å². The summed E-state index contributed by atoms with van der Waals surface area (Å²) in [5.74, 6) is 0.731. The van der Waals surface area contributed by atoms with Crippen LogP contribution in [0.3, 0.4) is 0 Å². The molecule has 1 unspecified atom stereocenters. The monoisotopic (exact) mass is 274 g/mol. The first kappa shape index (κ1) is 13.0. The third-order valence-corrected chi connectivity index (χ3v) is 3.70. The van der Waals surface area contributed by atoms with Crippen molar-refractivity contribution in [1.29, 1.82) is 0 Å². The van der Waals surface area contributed by atoms with E-state index in [9.17, 15) is 4.79 Å². The lowest BCUT2D eigenvalue weighted by atomic mass is 9.98. The van der Waals surface area contributed by atoms with Gasteiger partial charge in [-0.2, -0.15) is 0 Å². The molecule has 1 aliphatic rings. The number of ether oxygens (including phenoxy) is 1. The molecule has 2 aromatic heterocycles. The molecule has 0 aromatic carbocycles. The van der Waals surface area contributed by atoms with Gasteiger partial charge in [-0.15, -0.1) is 0 Å². The minimum absolute atomic E-state index is 0.0624. The summed E-state index contributed by atoms with van der Waals surface area (Å²) in [6.45, 7) is 3.85. The third kappa shape index (κ3) is 2.35. The molecule has 3 rings (SSSR count). The SMILES string of the molecule is CCOC(=O)C1CCCN(c2nccc3occc23)C1. The number of fused-ring (bicyclic) bond motifs is 1. The van der Waals surface area contributed by atoms with Crippen LogP contribution in [-0.2, 0) is 9.53 Å². The summed E-state index contributed by atoms with van der Waals surface area (Å²) in [4.78, 5) is 18.5. The van der Waals surface area contributed by atoms with E-state index in [4.69, 9.17) is 9.15 Å². The number of nitrogens with zero attached hydrogens (tertiary/aromatic N) is 2. The van der Waals surface area contributed by atoms with Gasteiger partial charge in [0.15, 0.2) is 0 Å². The molecule has 5 nitrogen and oxygen atoms in total. The van der Waals surface area contributed by atoms with Crippen molar-refractivity contribution in [3.8, 4) is 0 Å². The molecule has 20 heavy (non-hydrogen) atoms. The highest BCUT2D eigenvalue weighted by atomic mass is 16.5. The standard InChI is InChI=1S/C15H18N2O3/c1-2-19-15(18)11-4-3-8-17(10-11)14-12-6-9-20-13(12)5-7-16-14/h5-7,9,11H,2-4,8,10H2,1H3.